The normalized spacial score (nSPS) is 32.6. The second-order valence-corrected chi connectivity index (χ2v) is 6.94. The van der Waals surface area contributed by atoms with Gasteiger partial charge in [-0.25, -0.2) is 0 Å². The zero-order chi connectivity index (χ0) is 12.3. The van der Waals surface area contributed by atoms with Crippen molar-refractivity contribution < 1.29 is 0 Å². The Morgan fingerprint density at radius 1 is 1.35 bits per heavy atom. The fourth-order valence-corrected chi connectivity index (χ4v) is 3.73. The van der Waals surface area contributed by atoms with E-state index in [4.69, 9.17) is 0 Å². The topological polar surface area (TPSA) is 15.3 Å². The van der Waals surface area contributed by atoms with Gasteiger partial charge in [-0.3, -0.25) is 4.90 Å². The number of nitrogens with one attached hydrogen (secondary N) is 1. The Morgan fingerprint density at radius 2 is 2.12 bits per heavy atom. The molecule has 2 aliphatic rings. The van der Waals surface area contributed by atoms with Crippen molar-refractivity contribution in [2.75, 3.05) is 24.6 Å². The molecule has 0 radical (unpaired) electrons. The third-order valence-corrected chi connectivity index (χ3v) is 5.41. The molecule has 0 amide bonds. The van der Waals surface area contributed by atoms with E-state index >= 15 is 0 Å². The van der Waals surface area contributed by atoms with Gasteiger partial charge in [-0.1, -0.05) is 13.8 Å². The van der Waals surface area contributed by atoms with Crippen molar-refractivity contribution in [3.63, 3.8) is 0 Å². The van der Waals surface area contributed by atoms with Crippen LogP contribution in [-0.2, 0) is 0 Å². The molecule has 1 heterocycles. The maximum atomic E-state index is 3.77. The lowest BCUT2D eigenvalue weighted by molar-refractivity contribution is 0.0899. The Hall–Kier alpha value is 0.270. The molecule has 1 aliphatic carbocycles. The number of hydrogen-bond donors (Lipinski definition) is 1. The molecule has 1 saturated carbocycles. The van der Waals surface area contributed by atoms with E-state index in [2.05, 4.69) is 42.7 Å². The van der Waals surface area contributed by atoms with E-state index in [0.29, 0.717) is 0 Å². The van der Waals surface area contributed by atoms with Crippen LogP contribution in [0.25, 0.3) is 0 Å². The van der Waals surface area contributed by atoms with Gasteiger partial charge in [0.1, 0.15) is 0 Å². The lowest BCUT2D eigenvalue weighted by atomic mass is 10.0. The third-order valence-electron chi connectivity index (χ3n) is 4.28. The second-order valence-electron chi connectivity index (χ2n) is 5.62. The fraction of sp³-hybridized carbons (Fsp3) is 1.00. The zero-order valence-corrected chi connectivity index (χ0v) is 12.4. The van der Waals surface area contributed by atoms with E-state index in [1.165, 1.54) is 43.9 Å². The molecule has 2 nitrogen and oxygen atoms in total. The molecule has 0 spiro atoms. The Balaban J connectivity index is 1.88. The van der Waals surface area contributed by atoms with Gasteiger partial charge in [-0.15, -0.1) is 0 Å². The van der Waals surface area contributed by atoms with Crippen LogP contribution < -0.4 is 5.32 Å². The van der Waals surface area contributed by atoms with Crippen molar-refractivity contribution in [3.05, 3.63) is 0 Å². The summed E-state index contributed by atoms with van der Waals surface area (Å²) in [5, 5.41) is 3.77. The maximum Gasteiger partial charge on any atom is 0.0224 e. The van der Waals surface area contributed by atoms with E-state index < -0.39 is 0 Å². The van der Waals surface area contributed by atoms with Crippen LogP contribution >= 0.6 is 11.8 Å². The van der Waals surface area contributed by atoms with E-state index in [9.17, 15) is 0 Å². The van der Waals surface area contributed by atoms with Gasteiger partial charge < -0.3 is 5.32 Å². The van der Waals surface area contributed by atoms with E-state index in [1.807, 2.05) is 0 Å². The molecular weight excluding hydrogens is 228 g/mol. The molecule has 1 N–H and O–H groups in total. The summed E-state index contributed by atoms with van der Waals surface area (Å²) < 4.78 is 0. The predicted molar refractivity (Wildman–Crippen MR) is 77.8 cm³/mol. The van der Waals surface area contributed by atoms with E-state index in [-0.39, 0.29) is 0 Å². The number of thioether (sulfide) groups is 1. The third kappa shape index (κ3) is 3.62. The first-order chi connectivity index (χ1) is 8.26. The summed E-state index contributed by atoms with van der Waals surface area (Å²) in [4.78, 5) is 2.78. The van der Waals surface area contributed by atoms with Crippen molar-refractivity contribution >= 4 is 11.8 Å². The molecule has 3 atom stereocenters. The first kappa shape index (κ1) is 13.7. The number of nitrogens with zero attached hydrogens (tertiary/aromatic N) is 1. The van der Waals surface area contributed by atoms with Crippen molar-refractivity contribution in [1.29, 1.82) is 0 Å². The average molecular weight is 256 g/mol. The summed E-state index contributed by atoms with van der Waals surface area (Å²) >= 11 is 2.09. The number of rotatable bonds is 6. The van der Waals surface area contributed by atoms with Crippen LogP contribution in [0.4, 0.5) is 0 Å². The molecular formula is C14H28N2S. The lowest BCUT2D eigenvalue weighted by Crippen LogP contribution is -2.59. The minimum absolute atomic E-state index is 0.744. The van der Waals surface area contributed by atoms with Crippen molar-refractivity contribution in [2.45, 2.75) is 58.2 Å². The Labute approximate surface area is 111 Å². The summed E-state index contributed by atoms with van der Waals surface area (Å²) in [7, 11) is 0. The molecule has 0 aromatic carbocycles. The molecule has 0 bridgehead atoms. The lowest BCUT2D eigenvalue weighted by Gasteiger charge is -2.43. The molecule has 2 rings (SSSR count). The molecule has 17 heavy (non-hydrogen) atoms. The zero-order valence-electron chi connectivity index (χ0n) is 11.6. The largest absolute Gasteiger partial charge is 0.311 e. The SMILES string of the molecule is CCSCC(C)N1CC(C2CC2)NCC1CC. The van der Waals surface area contributed by atoms with E-state index in [0.717, 1.165) is 24.0 Å². The Morgan fingerprint density at radius 3 is 2.71 bits per heavy atom. The fourth-order valence-electron chi connectivity index (χ4n) is 2.96. The van der Waals surface area contributed by atoms with Crippen LogP contribution in [-0.4, -0.2) is 47.6 Å². The minimum atomic E-state index is 0.744. The van der Waals surface area contributed by atoms with Crippen molar-refractivity contribution in [1.82, 2.24) is 10.2 Å². The highest BCUT2D eigenvalue weighted by molar-refractivity contribution is 7.99. The monoisotopic (exact) mass is 256 g/mol. The molecule has 1 saturated heterocycles. The summed E-state index contributed by atoms with van der Waals surface area (Å²) in [6.45, 7) is 9.50. The molecule has 0 aromatic heterocycles. The standard InChI is InChI=1S/C14H28N2S/c1-4-13-8-15-14(12-6-7-12)9-16(13)11(3)10-17-5-2/h11-15H,4-10H2,1-3H3. The molecule has 3 heteroatoms. The molecule has 0 aromatic rings. The van der Waals surface area contributed by atoms with Crippen LogP contribution in [0.15, 0.2) is 0 Å². The first-order valence-electron chi connectivity index (χ1n) is 7.33. The smallest absolute Gasteiger partial charge is 0.0224 e. The summed E-state index contributed by atoms with van der Waals surface area (Å²) in [6.07, 6.45) is 4.20. The Bertz CT molecular complexity index is 230. The number of piperazine rings is 1. The van der Waals surface area contributed by atoms with Crippen molar-refractivity contribution in [3.8, 4) is 0 Å². The van der Waals surface area contributed by atoms with Gasteiger partial charge >= 0.3 is 0 Å². The summed E-state index contributed by atoms with van der Waals surface area (Å²) in [5.74, 6) is 3.53. The summed E-state index contributed by atoms with van der Waals surface area (Å²) in [6, 6.07) is 2.29. The van der Waals surface area contributed by atoms with Crippen LogP contribution in [0.5, 0.6) is 0 Å². The maximum absolute atomic E-state index is 3.77. The molecule has 1 aliphatic heterocycles. The Kier molecular flexibility index (Phi) is 5.19. The van der Waals surface area contributed by atoms with Gasteiger partial charge in [0.2, 0.25) is 0 Å². The van der Waals surface area contributed by atoms with Crippen LogP contribution in [0.2, 0.25) is 0 Å². The second kappa shape index (κ2) is 6.44. The summed E-state index contributed by atoms with van der Waals surface area (Å²) in [5.41, 5.74) is 0. The molecule has 100 valence electrons. The highest BCUT2D eigenvalue weighted by atomic mass is 32.2. The van der Waals surface area contributed by atoms with Gasteiger partial charge in [-0.2, -0.15) is 11.8 Å². The predicted octanol–water partition coefficient (Wildman–Crippen LogP) is 2.59. The van der Waals surface area contributed by atoms with Crippen LogP contribution in [0.1, 0.15) is 40.0 Å². The highest BCUT2D eigenvalue weighted by Gasteiger charge is 2.37. The molecule has 3 unspecified atom stereocenters. The first-order valence-corrected chi connectivity index (χ1v) is 8.48. The van der Waals surface area contributed by atoms with Crippen LogP contribution in [0.3, 0.4) is 0 Å². The minimum Gasteiger partial charge on any atom is -0.311 e. The number of hydrogen-bond acceptors (Lipinski definition) is 3. The van der Waals surface area contributed by atoms with Gasteiger partial charge in [-0.05, 0) is 37.9 Å². The van der Waals surface area contributed by atoms with Gasteiger partial charge in [0.05, 0.1) is 0 Å². The molecule has 2 fully saturated rings. The van der Waals surface area contributed by atoms with Gasteiger partial charge in [0.25, 0.3) is 0 Å². The van der Waals surface area contributed by atoms with Gasteiger partial charge in [0.15, 0.2) is 0 Å². The van der Waals surface area contributed by atoms with Crippen LogP contribution in [0, 0.1) is 5.92 Å². The average Bonchev–Trinajstić information content (AvgIpc) is 3.19. The quantitative estimate of drug-likeness (QED) is 0.786. The van der Waals surface area contributed by atoms with Crippen molar-refractivity contribution in [2.24, 2.45) is 5.92 Å². The van der Waals surface area contributed by atoms with E-state index in [1.54, 1.807) is 0 Å². The van der Waals surface area contributed by atoms with Gasteiger partial charge in [0, 0.05) is 37.0 Å². The highest BCUT2D eigenvalue weighted by Crippen LogP contribution is 2.35.